The Labute approximate surface area is 166 Å². The third-order valence-corrected chi connectivity index (χ3v) is 4.31. The van der Waals surface area contributed by atoms with Crippen molar-refractivity contribution in [2.75, 3.05) is 0 Å². The van der Waals surface area contributed by atoms with Crippen LogP contribution in [-0.4, -0.2) is 38.0 Å². The molecule has 0 spiro atoms. The van der Waals surface area contributed by atoms with Gasteiger partial charge in [0.2, 0.25) is 0 Å². The number of hydroxylamine groups is 1. The van der Waals surface area contributed by atoms with Crippen LogP contribution in [0.25, 0.3) is 0 Å². The molecule has 146 valence electrons. The van der Waals surface area contributed by atoms with Crippen molar-refractivity contribution in [1.29, 1.82) is 0 Å². The molecule has 0 aliphatic rings. The first-order valence-electron chi connectivity index (χ1n) is 8.17. The summed E-state index contributed by atoms with van der Waals surface area (Å²) in [5.41, 5.74) is 2.49. The van der Waals surface area contributed by atoms with Gasteiger partial charge in [0.05, 0.1) is 4.92 Å². The SMILES string of the molecule is C[C@@H](C(=O)NO)N(Cc1ccc([N+](=O)[O-])cc1)C(=S)NC(=O)c1ccccc1. The van der Waals surface area contributed by atoms with Crippen molar-refractivity contribution in [1.82, 2.24) is 15.7 Å². The standard InChI is InChI=1S/C18H18N4O5S/c1-12(16(23)20-25)21(11-13-7-9-15(10-8-13)22(26)27)18(28)19-17(24)14-5-3-2-4-6-14/h2-10,12,25H,11H2,1H3,(H,20,23)(H,19,24,28)/t12-/m0/s1. The van der Waals surface area contributed by atoms with Gasteiger partial charge in [0.25, 0.3) is 17.5 Å². The Bertz CT molecular complexity index is 873. The molecule has 2 rings (SSSR count). The number of benzene rings is 2. The van der Waals surface area contributed by atoms with Crippen molar-refractivity contribution >= 4 is 34.8 Å². The van der Waals surface area contributed by atoms with Gasteiger partial charge in [-0.2, -0.15) is 0 Å². The lowest BCUT2D eigenvalue weighted by Crippen LogP contribution is -2.51. The number of amides is 2. The van der Waals surface area contributed by atoms with Gasteiger partial charge in [-0.25, -0.2) is 5.48 Å². The molecule has 0 aromatic heterocycles. The number of nitrogens with one attached hydrogen (secondary N) is 2. The average Bonchev–Trinajstić information content (AvgIpc) is 2.71. The number of hydrogen-bond acceptors (Lipinski definition) is 6. The van der Waals surface area contributed by atoms with E-state index in [1.165, 1.54) is 36.1 Å². The highest BCUT2D eigenvalue weighted by Gasteiger charge is 2.25. The maximum Gasteiger partial charge on any atom is 0.269 e. The summed E-state index contributed by atoms with van der Waals surface area (Å²) in [6, 6.07) is 13.2. The number of nitro benzene ring substituents is 1. The molecule has 0 bridgehead atoms. The second-order valence-electron chi connectivity index (χ2n) is 5.83. The van der Waals surface area contributed by atoms with Crippen LogP contribution >= 0.6 is 12.2 Å². The molecule has 0 saturated carbocycles. The Morgan fingerprint density at radius 1 is 1.18 bits per heavy atom. The minimum Gasteiger partial charge on any atom is -0.333 e. The molecule has 0 fully saturated rings. The van der Waals surface area contributed by atoms with Crippen LogP contribution in [0, 0.1) is 10.1 Å². The van der Waals surface area contributed by atoms with Gasteiger partial charge in [0, 0.05) is 24.2 Å². The van der Waals surface area contributed by atoms with Crippen LogP contribution in [0.3, 0.4) is 0 Å². The van der Waals surface area contributed by atoms with Gasteiger partial charge in [-0.1, -0.05) is 30.3 Å². The summed E-state index contributed by atoms with van der Waals surface area (Å²) in [5, 5.41) is 22.2. The maximum absolute atomic E-state index is 12.3. The number of nitro groups is 1. The number of non-ortho nitro benzene ring substituents is 1. The van der Waals surface area contributed by atoms with Gasteiger partial charge < -0.3 is 4.90 Å². The van der Waals surface area contributed by atoms with E-state index in [-0.39, 0.29) is 17.3 Å². The van der Waals surface area contributed by atoms with Crippen LogP contribution in [0.15, 0.2) is 54.6 Å². The normalized spacial score (nSPS) is 11.2. The Morgan fingerprint density at radius 2 is 1.79 bits per heavy atom. The lowest BCUT2D eigenvalue weighted by Gasteiger charge is -2.30. The molecule has 0 heterocycles. The molecule has 2 aromatic carbocycles. The van der Waals surface area contributed by atoms with Gasteiger partial charge in [-0.05, 0) is 36.8 Å². The highest BCUT2D eigenvalue weighted by molar-refractivity contribution is 7.80. The van der Waals surface area contributed by atoms with Crippen LogP contribution in [0.4, 0.5) is 5.69 Å². The highest BCUT2D eigenvalue weighted by Crippen LogP contribution is 2.15. The predicted octanol–water partition coefficient (Wildman–Crippen LogP) is 2.01. The van der Waals surface area contributed by atoms with E-state index in [1.807, 2.05) is 0 Å². The largest absolute Gasteiger partial charge is 0.333 e. The van der Waals surface area contributed by atoms with E-state index < -0.39 is 22.8 Å². The first-order valence-corrected chi connectivity index (χ1v) is 8.58. The monoisotopic (exact) mass is 402 g/mol. The first-order chi connectivity index (χ1) is 13.3. The van der Waals surface area contributed by atoms with Gasteiger partial charge >= 0.3 is 0 Å². The lowest BCUT2D eigenvalue weighted by molar-refractivity contribution is -0.384. The van der Waals surface area contributed by atoms with E-state index in [1.54, 1.807) is 35.8 Å². The van der Waals surface area contributed by atoms with Crippen molar-refractivity contribution in [2.45, 2.75) is 19.5 Å². The smallest absolute Gasteiger partial charge is 0.269 e. The number of carbonyl (C=O) groups excluding carboxylic acids is 2. The van der Waals surface area contributed by atoms with Gasteiger partial charge in [0.1, 0.15) is 6.04 Å². The fraction of sp³-hybridized carbons (Fsp3) is 0.167. The number of carbonyl (C=O) groups is 2. The molecule has 1 atom stereocenters. The Kier molecular flexibility index (Phi) is 7.13. The van der Waals surface area contributed by atoms with E-state index in [0.29, 0.717) is 11.1 Å². The number of nitrogens with zero attached hydrogens (tertiary/aromatic N) is 2. The Morgan fingerprint density at radius 3 is 2.32 bits per heavy atom. The second kappa shape index (κ2) is 9.53. The zero-order chi connectivity index (χ0) is 20.7. The molecule has 2 aromatic rings. The van der Waals surface area contributed by atoms with Crippen LogP contribution in [0.5, 0.6) is 0 Å². The van der Waals surface area contributed by atoms with E-state index in [0.717, 1.165) is 0 Å². The molecular weight excluding hydrogens is 384 g/mol. The molecule has 10 heteroatoms. The lowest BCUT2D eigenvalue weighted by atomic mass is 10.1. The summed E-state index contributed by atoms with van der Waals surface area (Å²) in [6.45, 7) is 1.58. The summed E-state index contributed by atoms with van der Waals surface area (Å²) in [6.07, 6.45) is 0. The van der Waals surface area contributed by atoms with Gasteiger partial charge in [-0.3, -0.25) is 30.2 Å². The first kappa shape index (κ1) is 20.9. The van der Waals surface area contributed by atoms with Crippen LogP contribution in [-0.2, 0) is 11.3 Å². The maximum atomic E-state index is 12.3. The third-order valence-electron chi connectivity index (χ3n) is 3.97. The zero-order valence-electron chi connectivity index (χ0n) is 14.9. The third kappa shape index (κ3) is 5.32. The van der Waals surface area contributed by atoms with Crippen LogP contribution in [0.1, 0.15) is 22.8 Å². The zero-order valence-corrected chi connectivity index (χ0v) is 15.7. The molecule has 0 radical (unpaired) electrons. The summed E-state index contributed by atoms with van der Waals surface area (Å²) in [5.74, 6) is -1.17. The molecule has 0 unspecified atom stereocenters. The quantitative estimate of drug-likeness (QED) is 0.292. The van der Waals surface area contributed by atoms with Crippen molar-refractivity contribution in [3.63, 3.8) is 0 Å². The van der Waals surface area contributed by atoms with Crippen molar-refractivity contribution in [3.8, 4) is 0 Å². The fourth-order valence-corrected chi connectivity index (χ4v) is 2.69. The minimum atomic E-state index is -0.913. The highest BCUT2D eigenvalue weighted by atomic mass is 32.1. The number of rotatable bonds is 6. The Hall–Kier alpha value is -3.37. The number of hydrogen-bond donors (Lipinski definition) is 3. The summed E-state index contributed by atoms with van der Waals surface area (Å²) in [4.78, 5) is 35.9. The van der Waals surface area contributed by atoms with Crippen molar-refractivity contribution in [3.05, 3.63) is 75.8 Å². The van der Waals surface area contributed by atoms with Crippen LogP contribution < -0.4 is 10.8 Å². The van der Waals surface area contributed by atoms with E-state index in [2.05, 4.69) is 5.32 Å². The molecular formula is C18H18N4O5S. The van der Waals surface area contributed by atoms with Crippen LogP contribution in [0.2, 0.25) is 0 Å². The summed E-state index contributed by atoms with van der Waals surface area (Å²) < 4.78 is 0. The predicted molar refractivity (Wildman–Crippen MR) is 105 cm³/mol. The fourth-order valence-electron chi connectivity index (χ4n) is 2.37. The average molecular weight is 402 g/mol. The molecule has 28 heavy (non-hydrogen) atoms. The molecule has 9 nitrogen and oxygen atoms in total. The van der Waals surface area contributed by atoms with E-state index >= 15 is 0 Å². The van der Waals surface area contributed by atoms with E-state index in [9.17, 15) is 19.7 Å². The van der Waals surface area contributed by atoms with E-state index in [4.69, 9.17) is 17.4 Å². The number of thiocarbonyl (C=S) groups is 1. The minimum absolute atomic E-state index is 0.0247. The topological polar surface area (TPSA) is 125 Å². The second-order valence-corrected chi connectivity index (χ2v) is 6.22. The van der Waals surface area contributed by atoms with Crippen molar-refractivity contribution in [2.24, 2.45) is 0 Å². The summed E-state index contributed by atoms with van der Waals surface area (Å²) in [7, 11) is 0. The molecule has 3 N–H and O–H groups in total. The molecule has 0 aliphatic carbocycles. The molecule has 0 saturated heterocycles. The van der Waals surface area contributed by atoms with Gasteiger partial charge in [0.15, 0.2) is 5.11 Å². The van der Waals surface area contributed by atoms with Crippen molar-refractivity contribution < 1.29 is 19.7 Å². The van der Waals surface area contributed by atoms with Gasteiger partial charge in [-0.15, -0.1) is 0 Å². The summed E-state index contributed by atoms with van der Waals surface area (Å²) >= 11 is 5.29. The molecule has 0 aliphatic heterocycles. The molecule has 2 amide bonds. The Balaban J connectivity index is 2.20.